The van der Waals surface area contributed by atoms with Gasteiger partial charge in [0.2, 0.25) is 0 Å². The first-order chi connectivity index (χ1) is 18.5. The van der Waals surface area contributed by atoms with E-state index in [9.17, 15) is 19.5 Å². The molecule has 0 spiro atoms. The molecule has 2 amide bonds. The summed E-state index contributed by atoms with van der Waals surface area (Å²) in [5.41, 5.74) is 3.32. The van der Waals surface area contributed by atoms with Gasteiger partial charge in [0.05, 0.1) is 12.2 Å². The molecule has 2 heterocycles. The van der Waals surface area contributed by atoms with Crippen LogP contribution in [0.15, 0.2) is 59.5 Å². The molecule has 0 unspecified atom stereocenters. The number of amides is 2. The molecule has 0 bridgehead atoms. The van der Waals surface area contributed by atoms with Crippen LogP contribution in [0.4, 0.5) is 5.69 Å². The first-order valence-electron chi connectivity index (χ1n) is 12.6. The van der Waals surface area contributed by atoms with Crippen LogP contribution in [-0.4, -0.2) is 38.3 Å². The van der Waals surface area contributed by atoms with Crippen molar-refractivity contribution in [2.45, 2.75) is 32.3 Å². The maximum Gasteiger partial charge on any atom is 0.274 e. The largest absolute Gasteiger partial charge is 0.493 e. The third-order valence-corrected chi connectivity index (χ3v) is 6.86. The lowest BCUT2D eigenvalue weighted by Gasteiger charge is -2.21. The number of hydroxylamine groups is 1. The average Bonchev–Trinajstić information content (AvgIpc) is 3.64. The van der Waals surface area contributed by atoms with Crippen molar-refractivity contribution in [3.8, 4) is 16.9 Å². The molecule has 1 saturated carbocycles. The molecule has 1 aliphatic carbocycles. The number of aromatic nitrogens is 2. The van der Waals surface area contributed by atoms with Gasteiger partial charge in [-0.3, -0.25) is 19.6 Å². The molecule has 10 nitrogen and oxygen atoms in total. The minimum atomic E-state index is -1.10. The maximum absolute atomic E-state index is 13.1. The van der Waals surface area contributed by atoms with Gasteiger partial charge in [0.15, 0.2) is 0 Å². The lowest BCUT2D eigenvalue weighted by atomic mass is 9.93. The fourth-order valence-corrected chi connectivity index (χ4v) is 4.38. The normalized spacial score (nSPS) is 13.4. The van der Waals surface area contributed by atoms with Crippen LogP contribution in [0, 0.1) is 5.92 Å². The molecule has 39 heavy (non-hydrogen) atoms. The van der Waals surface area contributed by atoms with Crippen molar-refractivity contribution in [2.75, 3.05) is 11.9 Å². The zero-order chi connectivity index (χ0) is 27.9. The van der Waals surface area contributed by atoms with E-state index in [-0.39, 0.29) is 22.3 Å². The highest BCUT2D eigenvalue weighted by molar-refractivity contribution is 6.08. The van der Waals surface area contributed by atoms with Gasteiger partial charge in [-0.25, -0.2) is 5.48 Å². The Bertz CT molecular complexity index is 1620. The van der Waals surface area contributed by atoms with Crippen LogP contribution in [0.5, 0.6) is 5.75 Å². The molecule has 0 radical (unpaired) electrons. The van der Waals surface area contributed by atoms with E-state index in [1.54, 1.807) is 38.6 Å². The standard InChI is InChI=1S/C29H30N4O6/c1-29(2,37)18-8-11-24(39-15-16-4-5-16)20(12-18)22-14-33(3)28(36)25-21(22)13-23(31-25)27(35)30-19-9-6-17(7-10-19)26(34)32-38/h6-14,16,31,37-38H,4-5,15H2,1-3H3,(H,30,35)(H,32,34). The summed E-state index contributed by atoms with van der Waals surface area (Å²) in [7, 11) is 1.64. The zero-order valence-electron chi connectivity index (χ0n) is 21.9. The summed E-state index contributed by atoms with van der Waals surface area (Å²) in [6.45, 7) is 3.99. The van der Waals surface area contributed by atoms with E-state index in [1.165, 1.54) is 28.8 Å². The molecule has 0 aliphatic heterocycles. The lowest BCUT2D eigenvalue weighted by molar-refractivity contribution is 0.0706. The van der Waals surface area contributed by atoms with Crippen molar-refractivity contribution in [3.63, 3.8) is 0 Å². The third-order valence-electron chi connectivity index (χ3n) is 6.86. The number of ether oxygens (including phenoxy) is 1. The van der Waals surface area contributed by atoms with Crippen molar-refractivity contribution in [3.05, 3.63) is 81.9 Å². The highest BCUT2D eigenvalue weighted by atomic mass is 16.5. The van der Waals surface area contributed by atoms with E-state index in [1.807, 2.05) is 18.2 Å². The number of aliphatic hydroxyl groups is 1. The van der Waals surface area contributed by atoms with Crippen LogP contribution in [-0.2, 0) is 12.6 Å². The monoisotopic (exact) mass is 530 g/mol. The van der Waals surface area contributed by atoms with Gasteiger partial charge >= 0.3 is 0 Å². The molecule has 4 aromatic rings. The summed E-state index contributed by atoms with van der Waals surface area (Å²) in [5, 5.41) is 22.7. The fourth-order valence-electron chi connectivity index (χ4n) is 4.38. The van der Waals surface area contributed by atoms with E-state index in [4.69, 9.17) is 9.94 Å². The number of H-pyrrole nitrogens is 1. The molecule has 0 atom stereocenters. The molecule has 10 heteroatoms. The van der Waals surface area contributed by atoms with Crippen molar-refractivity contribution in [2.24, 2.45) is 13.0 Å². The number of carbonyl (C=O) groups excluding carboxylic acids is 2. The molecule has 1 aliphatic rings. The Morgan fingerprint density at radius 2 is 1.79 bits per heavy atom. The molecule has 1 fully saturated rings. The first-order valence-corrected chi connectivity index (χ1v) is 12.6. The van der Waals surface area contributed by atoms with Gasteiger partial charge in [0, 0.05) is 41.0 Å². The van der Waals surface area contributed by atoms with E-state index in [2.05, 4.69) is 10.3 Å². The number of hydrogen-bond donors (Lipinski definition) is 5. The van der Waals surface area contributed by atoms with Crippen molar-refractivity contribution in [1.29, 1.82) is 0 Å². The van der Waals surface area contributed by atoms with Crippen LogP contribution >= 0.6 is 0 Å². The number of pyridine rings is 1. The number of rotatable bonds is 8. The Balaban J connectivity index is 1.55. The minimum absolute atomic E-state index is 0.172. The maximum atomic E-state index is 13.1. The summed E-state index contributed by atoms with van der Waals surface area (Å²) >= 11 is 0. The summed E-state index contributed by atoms with van der Waals surface area (Å²) < 4.78 is 7.61. The SMILES string of the molecule is Cn1cc(-c2cc(C(C)(C)O)ccc2OCC2CC2)c2cc(C(=O)Nc3ccc(C(=O)NO)cc3)[nH]c2c1=O. The Morgan fingerprint density at radius 1 is 1.08 bits per heavy atom. The van der Waals surface area contributed by atoms with Crippen LogP contribution in [0.2, 0.25) is 0 Å². The number of anilines is 1. The zero-order valence-corrected chi connectivity index (χ0v) is 21.9. The summed E-state index contributed by atoms with van der Waals surface area (Å²) in [6.07, 6.45) is 3.97. The number of carbonyl (C=O) groups is 2. The molecular weight excluding hydrogens is 500 g/mol. The summed E-state index contributed by atoms with van der Waals surface area (Å²) in [6, 6.07) is 13.1. The summed E-state index contributed by atoms with van der Waals surface area (Å²) in [4.78, 5) is 40.7. The topological polar surface area (TPSA) is 146 Å². The first kappa shape index (κ1) is 26.2. The van der Waals surface area contributed by atoms with Gasteiger partial charge < -0.3 is 24.7 Å². The van der Waals surface area contributed by atoms with E-state index >= 15 is 0 Å². The number of fused-ring (bicyclic) bond motifs is 1. The molecular formula is C29H30N4O6. The quantitative estimate of drug-likeness (QED) is 0.172. The molecule has 5 N–H and O–H groups in total. The predicted octanol–water partition coefficient (Wildman–Crippen LogP) is 3.92. The van der Waals surface area contributed by atoms with Crippen molar-refractivity contribution < 1.29 is 24.6 Å². The summed E-state index contributed by atoms with van der Waals surface area (Å²) in [5.74, 6) is 0.0191. The van der Waals surface area contributed by atoms with Gasteiger partial charge in [-0.2, -0.15) is 0 Å². The Kier molecular flexibility index (Phi) is 6.75. The lowest BCUT2D eigenvalue weighted by Crippen LogP contribution is -2.18. The smallest absolute Gasteiger partial charge is 0.274 e. The molecule has 0 saturated heterocycles. The molecule has 202 valence electrons. The number of hydrogen-bond acceptors (Lipinski definition) is 6. The van der Waals surface area contributed by atoms with Crippen LogP contribution in [0.3, 0.4) is 0 Å². The van der Waals surface area contributed by atoms with Crippen molar-refractivity contribution >= 4 is 28.4 Å². The number of nitrogens with zero attached hydrogens (tertiary/aromatic N) is 1. The van der Waals surface area contributed by atoms with Crippen LogP contribution < -0.4 is 21.1 Å². The highest BCUT2D eigenvalue weighted by Gasteiger charge is 2.25. The fraction of sp³-hybridized carbons (Fsp3) is 0.276. The molecule has 5 rings (SSSR count). The highest BCUT2D eigenvalue weighted by Crippen LogP contribution is 2.39. The van der Waals surface area contributed by atoms with Gasteiger partial charge in [0.25, 0.3) is 17.4 Å². The number of nitrogens with one attached hydrogen (secondary N) is 3. The second kappa shape index (κ2) is 10.0. The number of benzene rings is 2. The average molecular weight is 531 g/mol. The Labute approximate surface area is 224 Å². The van der Waals surface area contributed by atoms with Crippen LogP contribution in [0.1, 0.15) is 53.1 Å². The second-order valence-corrected chi connectivity index (χ2v) is 10.4. The number of aryl methyl sites for hydroxylation is 1. The second-order valence-electron chi connectivity index (χ2n) is 10.4. The Hall–Kier alpha value is -4.41. The van der Waals surface area contributed by atoms with Gasteiger partial charge in [0.1, 0.15) is 17.0 Å². The Morgan fingerprint density at radius 3 is 2.44 bits per heavy atom. The van der Waals surface area contributed by atoms with E-state index < -0.39 is 17.4 Å². The molecule has 2 aromatic carbocycles. The van der Waals surface area contributed by atoms with Gasteiger partial charge in [-0.1, -0.05) is 6.07 Å². The van der Waals surface area contributed by atoms with E-state index in [0.717, 1.165) is 12.8 Å². The van der Waals surface area contributed by atoms with Gasteiger partial charge in [-0.05, 0) is 80.6 Å². The molecule has 2 aromatic heterocycles. The van der Waals surface area contributed by atoms with E-state index in [0.29, 0.717) is 46.0 Å². The minimum Gasteiger partial charge on any atom is -0.493 e. The van der Waals surface area contributed by atoms with Gasteiger partial charge in [-0.15, -0.1) is 0 Å². The van der Waals surface area contributed by atoms with Crippen molar-refractivity contribution in [1.82, 2.24) is 15.0 Å². The third kappa shape index (κ3) is 5.43. The predicted molar refractivity (Wildman–Crippen MR) is 146 cm³/mol. The van der Waals surface area contributed by atoms with Crippen LogP contribution in [0.25, 0.3) is 22.0 Å². The number of aromatic amines is 1.